The van der Waals surface area contributed by atoms with Crippen molar-refractivity contribution in [1.82, 2.24) is 29.5 Å². The highest BCUT2D eigenvalue weighted by molar-refractivity contribution is 5.89. The van der Waals surface area contributed by atoms with E-state index in [-0.39, 0.29) is 23.9 Å². The summed E-state index contributed by atoms with van der Waals surface area (Å²) in [6, 6.07) is 3.50. The highest BCUT2D eigenvalue weighted by Crippen LogP contribution is 2.23. The molecule has 0 aromatic carbocycles. The summed E-state index contributed by atoms with van der Waals surface area (Å²) in [7, 11) is 0. The molecule has 0 radical (unpaired) electrons. The lowest BCUT2D eigenvalue weighted by atomic mass is 9.96. The average molecular weight is 367 g/mol. The van der Waals surface area contributed by atoms with Crippen LogP contribution in [0.25, 0.3) is 5.52 Å². The lowest BCUT2D eigenvalue weighted by molar-refractivity contribution is -0.117. The van der Waals surface area contributed by atoms with E-state index in [1.807, 2.05) is 30.5 Å². The molecule has 27 heavy (non-hydrogen) atoms. The molecule has 2 N–H and O–H groups in total. The molecule has 1 aliphatic rings. The molecule has 0 bridgehead atoms. The molecule has 1 amide bonds. The second-order valence-corrected chi connectivity index (χ2v) is 7.00. The summed E-state index contributed by atoms with van der Waals surface area (Å²) >= 11 is 0. The maximum atomic E-state index is 12.9. The number of rotatable bonds is 5. The van der Waals surface area contributed by atoms with Gasteiger partial charge >= 0.3 is 0 Å². The molecule has 4 heterocycles. The average Bonchev–Trinajstić information content (AvgIpc) is 3.01. The first kappa shape index (κ1) is 17.3. The quantitative estimate of drug-likeness (QED) is 0.689. The molecule has 3 aromatic heterocycles. The van der Waals surface area contributed by atoms with E-state index < -0.39 is 0 Å². The van der Waals surface area contributed by atoms with Crippen molar-refractivity contribution in [1.29, 1.82) is 0 Å². The van der Waals surface area contributed by atoms with Gasteiger partial charge in [0.15, 0.2) is 0 Å². The normalized spacial score (nSPS) is 14.5. The summed E-state index contributed by atoms with van der Waals surface area (Å²) in [5, 5.41) is 10.4. The molecule has 0 saturated carbocycles. The number of amides is 1. The molecule has 140 valence electrons. The Balaban J connectivity index is 1.68. The maximum absolute atomic E-state index is 12.9. The predicted molar refractivity (Wildman–Crippen MR) is 99.8 cm³/mol. The van der Waals surface area contributed by atoms with Gasteiger partial charge in [-0.3, -0.25) is 14.0 Å². The van der Waals surface area contributed by atoms with Crippen molar-refractivity contribution in [3.05, 3.63) is 52.6 Å². The van der Waals surface area contributed by atoms with E-state index in [9.17, 15) is 9.59 Å². The Morgan fingerprint density at radius 1 is 1.41 bits per heavy atom. The first-order chi connectivity index (χ1) is 13.0. The number of fused-ring (bicyclic) bond motifs is 1. The minimum Gasteiger partial charge on any atom is -0.315 e. The van der Waals surface area contributed by atoms with E-state index in [4.69, 9.17) is 0 Å². The van der Waals surface area contributed by atoms with Crippen LogP contribution >= 0.6 is 0 Å². The fraction of sp³-hybridized carbons (Fsp3) is 0.389. The van der Waals surface area contributed by atoms with Crippen molar-refractivity contribution in [2.45, 2.75) is 32.2 Å². The van der Waals surface area contributed by atoms with E-state index in [1.54, 1.807) is 6.07 Å². The molecular weight excluding hydrogens is 346 g/mol. The van der Waals surface area contributed by atoms with Gasteiger partial charge in [-0.15, -0.1) is 0 Å². The van der Waals surface area contributed by atoms with E-state index in [1.165, 1.54) is 17.2 Å². The van der Waals surface area contributed by atoms with Crippen LogP contribution in [0.15, 0.2) is 35.6 Å². The molecule has 0 spiro atoms. The third-order valence-corrected chi connectivity index (χ3v) is 4.68. The Morgan fingerprint density at radius 2 is 2.22 bits per heavy atom. The Hall–Kier alpha value is -3.07. The molecule has 1 fully saturated rings. The largest absolute Gasteiger partial charge is 0.315 e. The fourth-order valence-corrected chi connectivity index (χ4v) is 3.12. The minimum atomic E-state index is -0.364. The van der Waals surface area contributed by atoms with E-state index in [2.05, 4.69) is 25.7 Å². The lowest BCUT2D eigenvalue weighted by Gasteiger charge is -2.26. The summed E-state index contributed by atoms with van der Waals surface area (Å²) < 4.78 is 3.09. The summed E-state index contributed by atoms with van der Waals surface area (Å²) in [4.78, 5) is 33.0. The second kappa shape index (κ2) is 6.92. The smallest absolute Gasteiger partial charge is 0.291 e. The standard InChI is InChI=1S/C18H21N7O2/c1-11(2)17-23-25(9-16(26)22-15-3-4-19-10-21-15)18(27)14-5-12(8-24(14)17)13-6-20-7-13/h3-5,8,10-11,13,20H,6-7,9H2,1-2H3,(H,19,21,22,26). The Labute approximate surface area is 155 Å². The summed E-state index contributed by atoms with van der Waals surface area (Å²) in [6.45, 7) is 5.68. The summed E-state index contributed by atoms with van der Waals surface area (Å²) in [6.07, 6.45) is 4.88. The van der Waals surface area contributed by atoms with E-state index in [0.717, 1.165) is 24.5 Å². The van der Waals surface area contributed by atoms with Gasteiger partial charge in [0.25, 0.3) is 5.56 Å². The van der Waals surface area contributed by atoms with Crippen molar-refractivity contribution >= 4 is 17.2 Å². The molecule has 0 aliphatic carbocycles. The molecule has 0 unspecified atom stereocenters. The van der Waals surface area contributed by atoms with Gasteiger partial charge in [-0.2, -0.15) is 5.10 Å². The summed E-state index contributed by atoms with van der Waals surface area (Å²) in [5.74, 6) is 1.29. The van der Waals surface area contributed by atoms with Gasteiger partial charge in [-0.1, -0.05) is 13.8 Å². The third kappa shape index (κ3) is 3.33. The highest BCUT2D eigenvalue weighted by atomic mass is 16.2. The topological polar surface area (TPSA) is 106 Å². The zero-order valence-electron chi connectivity index (χ0n) is 15.2. The Morgan fingerprint density at radius 3 is 2.85 bits per heavy atom. The molecule has 0 atom stereocenters. The first-order valence-corrected chi connectivity index (χ1v) is 8.92. The number of carbonyl (C=O) groups excluding carboxylic acids is 1. The van der Waals surface area contributed by atoms with Gasteiger partial charge in [0, 0.05) is 37.3 Å². The molecular formula is C18H21N7O2. The first-order valence-electron chi connectivity index (χ1n) is 8.92. The second-order valence-electron chi connectivity index (χ2n) is 7.00. The number of aromatic nitrogens is 5. The van der Waals surface area contributed by atoms with Crippen molar-refractivity contribution in [3.8, 4) is 0 Å². The fourth-order valence-electron chi connectivity index (χ4n) is 3.12. The minimum absolute atomic E-state index is 0.101. The third-order valence-electron chi connectivity index (χ3n) is 4.68. The zero-order valence-corrected chi connectivity index (χ0v) is 15.2. The number of anilines is 1. The van der Waals surface area contributed by atoms with Crippen molar-refractivity contribution in [3.63, 3.8) is 0 Å². The molecule has 9 heteroatoms. The number of hydrogen-bond donors (Lipinski definition) is 2. The van der Waals surface area contributed by atoms with Crippen molar-refractivity contribution < 1.29 is 4.79 Å². The summed E-state index contributed by atoms with van der Waals surface area (Å²) in [5.41, 5.74) is 1.39. The van der Waals surface area contributed by atoms with E-state index in [0.29, 0.717) is 17.3 Å². The number of nitrogens with zero attached hydrogens (tertiary/aromatic N) is 5. The molecule has 1 aliphatic heterocycles. The molecule has 4 rings (SSSR count). The van der Waals surface area contributed by atoms with Gasteiger partial charge in [-0.25, -0.2) is 14.6 Å². The Kier molecular flexibility index (Phi) is 4.44. The van der Waals surface area contributed by atoms with Crippen LogP contribution in [0.2, 0.25) is 0 Å². The van der Waals surface area contributed by atoms with Gasteiger partial charge in [0.1, 0.15) is 30.0 Å². The van der Waals surface area contributed by atoms with Crippen LogP contribution in [0.4, 0.5) is 5.82 Å². The maximum Gasteiger partial charge on any atom is 0.291 e. The van der Waals surface area contributed by atoms with Crippen LogP contribution in [-0.4, -0.2) is 43.1 Å². The van der Waals surface area contributed by atoms with Crippen LogP contribution in [0.5, 0.6) is 0 Å². The van der Waals surface area contributed by atoms with Crippen LogP contribution in [0, 0.1) is 0 Å². The van der Waals surface area contributed by atoms with Gasteiger partial charge in [0.2, 0.25) is 5.91 Å². The van der Waals surface area contributed by atoms with Crippen molar-refractivity contribution in [2.75, 3.05) is 18.4 Å². The highest BCUT2D eigenvalue weighted by Gasteiger charge is 2.23. The molecule has 3 aromatic rings. The number of hydrogen-bond acceptors (Lipinski definition) is 6. The Bertz CT molecular complexity index is 1040. The molecule has 9 nitrogen and oxygen atoms in total. The SMILES string of the molecule is CC(C)c1nn(CC(=O)Nc2ccncn2)c(=O)c2cc(C3CNC3)cn12. The van der Waals surface area contributed by atoms with Gasteiger partial charge in [-0.05, 0) is 17.7 Å². The van der Waals surface area contributed by atoms with Crippen LogP contribution in [0.1, 0.15) is 37.1 Å². The van der Waals surface area contributed by atoms with Crippen molar-refractivity contribution in [2.24, 2.45) is 0 Å². The number of carbonyl (C=O) groups is 1. The zero-order chi connectivity index (χ0) is 19.0. The number of nitrogens with one attached hydrogen (secondary N) is 2. The predicted octanol–water partition coefficient (Wildman–Crippen LogP) is 0.735. The van der Waals surface area contributed by atoms with Crippen LogP contribution < -0.4 is 16.2 Å². The van der Waals surface area contributed by atoms with E-state index >= 15 is 0 Å². The van der Waals surface area contributed by atoms with Crippen LogP contribution in [-0.2, 0) is 11.3 Å². The van der Waals surface area contributed by atoms with Crippen LogP contribution in [0.3, 0.4) is 0 Å². The van der Waals surface area contributed by atoms with Gasteiger partial charge < -0.3 is 10.6 Å². The lowest BCUT2D eigenvalue weighted by Crippen LogP contribution is -2.39. The molecule has 1 saturated heterocycles. The van der Waals surface area contributed by atoms with Gasteiger partial charge in [0.05, 0.1) is 0 Å². The monoisotopic (exact) mass is 367 g/mol.